The summed E-state index contributed by atoms with van der Waals surface area (Å²) in [6.07, 6.45) is 39.6. The maximum atomic E-state index is 2.21. The Balaban J connectivity index is 2.27. The van der Waals surface area contributed by atoms with E-state index in [4.69, 9.17) is 0 Å². The van der Waals surface area contributed by atoms with Crippen LogP contribution in [0.2, 0.25) is 0 Å². The molecule has 0 bridgehead atoms. The SMILES string of the molecule is C1=C\C=C/C=C(/C2=C\C=C/C=C\C=C/C=C\C2)C/C=C\C=C1. The van der Waals surface area contributed by atoms with Crippen molar-refractivity contribution in [1.29, 1.82) is 0 Å². The van der Waals surface area contributed by atoms with Gasteiger partial charge in [-0.1, -0.05) is 109 Å². The molecule has 0 atom stereocenters. The van der Waals surface area contributed by atoms with Crippen molar-refractivity contribution in [2.45, 2.75) is 12.8 Å². The smallest absolute Gasteiger partial charge is 0.00915 e. The van der Waals surface area contributed by atoms with Crippen LogP contribution >= 0.6 is 0 Å². The minimum Gasteiger partial charge on any atom is -0.0801 e. The van der Waals surface area contributed by atoms with E-state index in [9.17, 15) is 0 Å². The first-order valence-corrected chi connectivity index (χ1v) is 7.68. The van der Waals surface area contributed by atoms with Crippen LogP contribution in [0.15, 0.2) is 121 Å². The zero-order chi connectivity index (χ0) is 15.3. The van der Waals surface area contributed by atoms with Gasteiger partial charge >= 0.3 is 0 Å². The largest absolute Gasteiger partial charge is 0.0801 e. The Morgan fingerprint density at radius 2 is 0.682 bits per heavy atom. The summed E-state index contributed by atoms with van der Waals surface area (Å²) in [6.45, 7) is 0. The van der Waals surface area contributed by atoms with Crippen LogP contribution in [0.5, 0.6) is 0 Å². The fraction of sp³-hybridized carbons (Fsp3) is 0.0909. The normalized spacial score (nSPS) is 32.0. The molecule has 2 aliphatic rings. The van der Waals surface area contributed by atoms with E-state index in [2.05, 4.69) is 72.9 Å². The Morgan fingerprint density at radius 1 is 0.364 bits per heavy atom. The molecule has 0 aromatic rings. The van der Waals surface area contributed by atoms with Crippen molar-refractivity contribution < 1.29 is 0 Å². The van der Waals surface area contributed by atoms with Crippen LogP contribution in [0.3, 0.4) is 0 Å². The molecule has 22 heavy (non-hydrogen) atoms. The van der Waals surface area contributed by atoms with Crippen LogP contribution in [0.25, 0.3) is 0 Å². The average molecular weight is 286 g/mol. The molecule has 2 aliphatic carbocycles. The van der Waals surface area contributed by atoms with Crippen LogP contribution in [0, 0.1) is 0 Å². The summed E-state index contributed by atoms with van der Waals surface area (Å²) in [6, 6.07) is 0. The lowest BCUT2D eigenvalue weighted by Gasteiger charge is -2.08. The van der Waals surface area contributed by atoms with Crippen molar-refractivity contribution in [2.75, 3.05) is 0 Å². The van der Waals surface area contributed by atoms with Gasteiger partial charge in [0.1, 0.15) is 0 Å². The second-order valence-electron chi connectivity index (χ2n) is 4.96. The Hall–Kier alpha value is -2.60. The van der Waals surface area contributed by atoms with Gasteiger partial charge in [0.05, 0.1) is 0 Å². The van der Waals surface area contributed by atoms with Crippen molar-refractivity contribution in [3.05, 3.63) is 121 Å². The van der Waals surface area contributed by atoms with Crippen LogP contribution in [0.1, 0.15) is 12.8 Å². The molecule has 0 saturated heterocycles. The predicted octanol–water partition coefficient (Wildman–Crippen LogP) is 6.10. The molecule has 0 saturated carbocycles. The van der Waals surface area contributed by atoms with Crippen molar-refractivity contribution >= 4 is 0 Å². The van der Waals surface area contributed by atoms with Gasteiger partial charge in [-0.3, -0.25) is 0 Å². The standard InChI is InChI=1S/C22H22/c1-2-6-10-14-18-21(17-13-9-5-1)22-19-15-11-7-3-4-8-12-16-20-22/h1-17,19H,18,20H2/b5-1-,6-2-,7-3?,8-4?,13-9-,14-10-,15-11-,16-12-,21-17-,22-19+. The Labute approximate surface area is 133 Å². The van der Waals surface area contributed by atoms with Gasteiger partial charge in [0, 0.05) is 0 Å². The lowest BCUT2D eigenvalue weighted by Crippen LogP contribution is -1.88. The van der Waals surface area contributed by atoms with Crippen molar-refractivity contribution in [3.8, 4) is 0 Å². The average Bonchev–Trinajstić information content (AvgIpc) is 2.64. The molecule has 2 rings (SSSR count). The zero-order valence-electron chi connectivity index (χ0n) is 12.8. The van der Waals surface area contributed by atoms with E-state index in [0.717, 1.165) is 12.8 Å². The van der Waals surface area contributed by atoms with Crippen LogP contribution < -0.4 is 0 Å². The fourth-order valence-corrected chi connectivity index (χ4v) is 2.14. The van der Waals surface area contributed by atoms with Crippen molar-refractivity contribution in [1.82, 2.24) is 0 Å². The quantitative estimate of drug-likeness (QED) is 0.546. The van der Waals surface area contributed by atoms with Crippen molar-refractivity contribution in [2.24, 2.45) is 0 Å². The second-order valence-corrected chi connectivity index (χ2v) is 4.96. The molecule has 0 unspecified atom stereocenters. The lowest BCUT2D eigenvalue weighted by molar-refractivity contribution is 1.14. The number of rotatable bonds is 1. The first-order valence-electron chi connectivity index (χ1n) is 7.68. The van der Waals surface area contributed by atoms with E-state index in [1.54, 1.807) is 0 Å². The molecule has 0 nitrogen and oxygen atoms in total. The van der Waals surface area contributed by atoms with E-state index in [1.165, 1.54) is 11.1 Å². The number of allylic oxidation sites excluding steroid dienone is 20. The maximum absolute atomic E-state index is 2.21. The molecule has 0 fully saturated rings. The Bertz CT molecular complexity index is 578. The molecule has 0 aliphatic heterocycles. The topological polar surface area (TPSA) is 0 Å². The molecule has 0 N–H and O–H groups in total. The van der Waals surface area contributed by atoms with Gasteiger partial charge < -0.3 is 0 Å². The number of hydrogen-bond donors (Lipinski definition) is 0. The van der Waals surface area contributed by atoms with Gasteiger partial charge in [0.2, 0.25) is 0 Å². The summed E-state index contributed by atoms with van der Waals surface area (Å²) in [7, 11) is 0. The van der Waals surface area contributed by atoms with Gasteiger partial charge in [-0.25, -0.2) is 0 Å². The van der Waals surface area contributed by atoms with E-state index >= 15 is 0 Å². The van der Waals surface area contributed by atoms with Gasteiger partial charge in [0.15, 0.2) is 0 Å². The van der Waals surface area contributed by atoms with Gasteiger partial charge in [-0.2, -0.15) is 0 Å². The highest BCUT2D eigenvalue weighted by Crippen LogP contribution is 2.20. The molecule has 0 radical (unpaired) electrons. The van der Waals surface area contributed by atoms with Gasteiger partial charge in [-0.15, -0.1) is 0 Å². The van der Waals surface area contributed by atoms with Gasteiger partial charge in [-0.05, 0) is 24.0 Å². The molecule has 110 valence electrons. The monoisotopic (exact) mass is 286 g/mol. The third-order valence-corrected chi connectivity index (χ3v) is 3.29. The molecule has 0 amide bonds. The highest BCUT2D eigenvalue weighted by molar-refractivity contribution is 5.40. The van der Waals surface area contributed by atoms with E-state index in [0.29, 0.717) is 0 Å². The zero-order valence-corrected chi connectivity index (χ0v) is 12.8. The summed E-state index contributed by atoms with van der Waals surface area (Å²) in [5.41, 5.74) is 2.69. The second kappa shape index (κ2) is 10.2. The van der Waals surface area contributed by atoms with Gasteiger partial charge in [0.25, 0.3) is 0 Å². The summed E-state index contributed by atoms with van der Waals surface area (Å²) in [5.74, 6) is 0. The van der Waals surface area contributed by atoms with Crippen LogP contribution in [-0.4, -0.2) is 0 Å². The van der Waals surface area contributed by atoms with E-state index < -0.39 is 0 Å². The Kier molecular flexibility index (Phi) is 7.30. The third-order valence-electron chi connectivity index (χ3n) is 3.29. The highest BCUT2D eigenvalue weighted by Gasteiger charge is 2.01. The van der Waals surface area contributed by atoms with Crippen LogP contribution in [-0.2, 0) is 0 Å². The molecule has 0 heteroatoms. The number of hydrogen-bond acceptors (Lipinski definition) is 0. The first-order chi connectivity index (χ1) is 11.0. The maximum Gasteiger partial charge on any atom is -0.00915 e. The molecular formula is C22H22. The predicted molar refractivity (Wildman–Crippen MR) is 98.5 cm³/mol. The summed E-state index contributed by atoms with van der Waals surface area (Å²) in [5, 5.41) is 0. The van der Waals surface area contributed by atoms with Crippen molar-refractivity contribution in [3.63, 3.8) is 0 Å². The molecule has 0 aromatic heterocycles. The molecule has 0 heterocycles. The third kappa shape index (κ3) is 6.23. The summed E-state index contributed by atoms with van der Waals surface area (Å²) in [4.78, 5) is 0. The minimum absolute atomic E-state index is 0.938. The molecule has 0 spiro atoms. The Morgan fingerprint density at radius 3 is 1.09 bits per heavy atom. The fourth-order valence-electron chi connectivity index (χ4n) is 2.14. The molecular weight excluding hydrogens is 264 g/mol. The lowest BCUT2D eigenvalue weighted by atomic mass is 9.98. The minimum atomic E-state index is 0.938. The van der Waals surface area contributed by atoms with Crippen LogP contribution in [0.4, 0.5) is 0 Å². The van der Waals surface area contributed by atoms with E-state index in [1.807, 2.05) is 36.5 Å². The summed E-state index contributed by atoms with van der Waals surface area (Å²) < 4.78 is 0. The van der Waals surface area contributed by atoms with E-state index in [-0.39, 0.29) is 0 Å². The highest BCUT2D eigenvalue weighted by atomic mass is 14.1. The molecule has 0 aromatic carbocycles. The summed E-state index contributed by atoms with van der Waals surface area (Å²) >= 11 is 0. The first kappa shape index (κ1) is 15.8.